The number of benzene rings is 1. The number of alkyl halides is 3. The molecule has 2 rings (SSSR count). The summed E-state index contributed by atoms with van der Waals surface area (Å²) >= 11 is 0. The molecule has 0 unspecified atom stereocenters. The first-order valence-corrected chi connectivity index (χ1v) is 4.42. The van der Waals surface area contributed by atoms with Crippen molar-refractivity contribution in [3.8, 4) is 0 Å². The maximum atomic E-state index is 12.7. The van der Waals surface area contributed by atoms with E-state index in [4.69, 9.17) is 10.3 Å². The van der Waals surface area contributed by atoms with Crippen molar-refractivity contribution in [1.29, 1.82) is 0 Å². The third-order valence-corrected chi connectivity index (χ3v) is 2.22. The van der Waals surface area contributed by atoms with Crippen LogP contribution in [-0.4, -0.2) is 0 Å². The van der Waals surface area contributed by atoms with Crippen LogP contribution in [0.1, 0.15) is 11.1 Å². The van der Waals surface area contributed by atoms with E-state index in [1.807, 2.05) is 0 Å². The smallest absolute Gasteiger partial charge is 0.417 e. The van der Waals surface area contributed by atoms with Gasteiger partial charge in [0.25, 0.3) is 0 Å². The van der Waals surface area contributed by atoms with Crippen molar-refractivity contribution in [2.75, 3.05) is 0 Å². The molecule has 0 aliphatic heterocycles. The van der Waals surface area contributed by atoms with E-state index < -0.39 is 11.7 Å². The number of furan rings is 1. The van der Waals surface area contributed by atoms with Crippen LogP contribution in [0.5, 0.6) is 0 Å². The first-order valence-electron chi connectivity index (χ1n) is 4.42. The van der Waals surface area contributed by atoms with Gasteiger partial charge in [-0.2, -0.15) is 13.2 Å². The molecule has 0 aliphatic rings. The van der Waals surface area contributed by atoms with E-state index in [0.717, 1.165) is 6.07 Å². The van der Waals surface area contributed by atoms with Gasteiger partial charge in [-0.3, -0.25) is 4.84 Å². The second-order valence-corrected chi connectivity index (χ2v) is 3.25. The standard InChI is InChI=1S/C10H8F3NO2/c11-10(12,13)7-2-1-3-8-9(7)6(4-15-8)5-16-14/h1-4H,5,14H2. The molecular weight excluding hydrogens is 223 g/mol. The summed E-state index contributed by atoms with van der Waals surface area (Å²) in [5.74, 6) is 4.85. The Kier molecular flexibility index (Phi) is 2.61. The van der Waals surface area contributed by atoms with Crippen LogP contribution in [0, 0.1) is 0 Å². The lowest BCUT2D eigenvalue weighted by atomic mass is 10.1. The molecule has 0 saturated heterocycles. The maximum Gasteiger partial charge on any atom is 0.417 e. The Morgan fingerprint density at radius 3 is 2.69 bits per heavy atom. The van der Waals surface area contributed by atoms with E-state index in [2.05, 4.69) is 4.84 Å². The second-order valence-electron chi connectivity index (χ2n) is 3.25. The zero-order chi connectivity index (χ0) is 11.8. The Labute approximate surface area is 88.5 Å². The highest BCUT2D eigenvalue weighted by Crippen LogP contribution is 2.37. The van der Waals surface area contributed by atoms with Gasteiger partial charge in [-0.05, 0) is 12.1 Å². The van der Waals surface area contributed by atoms with Crippen LogP contribution in [0.4, 0.5) is 13.2 Å². The van der Waals surface area contributed by atoms with Crippen molar-refractivity contribution in [3.63, 3.8) is 0 Å². The largest absolute Gasteiger partial charge is 0.464 e. The Hall–Kier alpha value is -1.53. The molecular formula is C10H8F3NO2. The average molecular weight is 231 g/mol. The van der Waals surface area contributed by atoms with Crippen LogP contribution >= 0.6 is 0 Å². The van der Waals surface area contributed by atoms with E-state index in [1.54, 1.807) is 0 Å². The lowest BCUT2D eigenvalue weighted by Gasteiger charge is -2.08. The molecule has 1 aromatic carbocycles. The quantitative estimate of drug-likeness (QED) is 0.808. The summed E-state index contributed by atoms with van der Waals surface area (Å²) in [4.78, 5) is 4.33. The van der Waals surface area contributed by atoms with Crippen molar-refractivity contribution in [1.82, 2.24) is 0 Å². The van der Waals surface area contributed by atoms with Crippen molar-refractivity contribution >= 4 is 11.0 Å². The van der Waals surface area contributed by atoms with Crippen LogP contribution in [0.2, 0.25) is 0 Å². The van der Waals surface area contributed by atoms with Gasteiger partial charge in [-0.15, -0.1) is 0 Å². The predicted molar refractivity (Wildman–Crippen MR) is 50.2 cm³/mol. The Bertz CT molecular complexity index is 504. The number of hydrogen-bond donors (Lipinski definition) is 1. The summed E-state index contributed by atoms with van der Waals surface area (Å²) < 4.78 is 43.1. The lowest BCUT2D eigenvalue weighted by molar-refractivity contribution is -0.136. The summed E-state index contributed by atoms with van der Waals surface area (Å²) in [6.07, 6.45) is -3.21. The molecule has 0 fully saturated rings. The molecule has 0 bridgehead atoms. The molecule has 0 spiro atoms. The van der Waals surface area contributed by atoms with E-state index in [9.17, 15) is 13.2 Å². The molecule has 1 heterocycles. The van der Waals surface area contributed by atoms with Crippen molar-refractivity contribution in [2.24, 2.45) is 5.90 Å². The number of hydrogen-bond acceptors (Lipinski definition) is 3. The van der Waals surface area contributed by atoms with Gasteiger partial charge in [0.2, 0.25) is 0 Å². The first kappa shape index (κ1) is 11.0. The van der Waals surface area contributed by atoms with Crippen LogP contribution in [-0.2, 0) is 17.6 Å². The van der Waals surface area contributed by atoms with Crippen molar-refractivity contribution in [3.05, 3.63) is 35.6 Å². The molecule has 0 amide bonds. The van der Waals surface area contributed by atoms with Crippen molar-refractivity contribution in [2.45, 2.75) is 12.8 Å². The molecule has 3 nitrogen and oxygen atoms in total. The molecule has 1 aromatic heterocycles. The summed E-state index contributed by atoms with van der Waals surface area (Å²) in [6, 6.07) is 3.75. The van der Waals surface area contributed by atoms with Gasteiger partial charge in [0, 0.05) is 10.9 Å². The molecule has 0 atom stereocenters. The molecule has 6 heteroatoms. The second kappa shape index (κ2) is 3.80. The number of rotatable bonds is 2. The molecule has 2 N–H and O–H groups in total. The van der Waals surface area contributed by atoms with Crippen molar-refractivity contribution < 1.29 is 22.4 Å². The molecule has 86 valence electrons. The third-order valence-electron chi connectivity index (χ3n) is 2.22. The molecule has 0 saturated carbocycles. The number of halogens is 3. The summed E-state index contributed by atoms with van der Waals surface area (Å²) in [5.41, 5.74) is -0.293. The summed E-state index contributed by atoms with van der Waals surface area (Å²) in [6.45, 7) is -0.125. The molecule has 0 radical (unpaired) electrons. The van der Waals surface area contributed by atoms with Gasteiger partial charge >= 0.3 is 6.18 Å². The molecule has 2 aromatic rings. The Balaban J connectivity index is 2.68. The fraction of sp³-hybridized carbons (Fsp3) is 0.200. The zero-order valence-corrected chi connectivity index (χ0v) is 8.04. The first-order chi connectivity index (χ1) is 7.54. The highest BCUT2D eigenvalue weighted by atomic mass is 19.4. The fourth-order valence-electron chi connectivity index (χ4n) is 1.59. The SMILES string of the molecule is NOCc1coc2cccc(C(F)(F)F)c12. The van der Waals surface area contributed by atoms with E-state index in [-0.39, 0.29) is 23.1 Å². The normalized spacial score (nSPS) is 12.2. The fourth-order valence-corrected chi connectivity index (χ4v) is 1.59. The molecule has 16 heavy (non-hydrogen) atoms. The van der Waals surface area contributed by atoms with Gasteiger partial charge in [0.05, 0.1) is 18.4 Å². The molecule has 0 aliphatic carbocycles. The van der Waals surface area contributed by atoms with E-state index >= 15 is 0 Å². The minimum absolute atomic E-state index is 0.000417. The third kappa shape index (κ3) is 1.77. The van der Waals surface area contributed by atoms with Crippen LogP contribution in [0.25, 0.3) is 11.0 Å². The van der Waals surface area contributed by atoms with Gasteiger partial charge in [0.1, 0.15) is 5.58 Å². The zero-order valence-electron chi connectivity index (χ0n) is 8.04. The predicted octanol–water partition coefficient (Wildman–Crippen LogP) is 2.84. The van der Waals surface area contributed by atoms with Gasteiger partial charge in [-0.1, -0.05) is 6.07 Å². The summed E-state index contributed by atoms with van der Waals surface area (Å²) in [7, 11) is 0. The summed E-state index contributed by atoms with van der Waals surface area (Å²) in [5, 5.41) is 0.000417. The highest BCUT2D eigenvalue weighted by Gasteiger charge is 2.34. The topological polar surface area (TPSA) is 48.4 Å². The van der Waals surface area contributed by atoms with Gasteiger partial charge < -0.3 is 4.42 Å². The lowest BCUT2D eigenvalue weighted by Crippen LogP contribution is -2.06. The minimum Gasteiger partial charge on any atom is -0.464 e. The van der Waals surface area contributed by atoms with Crippen LogP contribution in [0.15, 0.2) is 28.9 Å². The number of nitrogens with two attached hydrogens (primary N) is 1. The average Bonchev–Trinajstić information content (AvgIpc) is 2.61. The van der Waals surface area contributed by atoms with Gasteiger partial charge in [-0.25, -0.2) is 5.90 Å². The van der Waals surface area contributed by atoms with E-state index in [0.29, 0.717) is 0 Å². The van der Waals surface area contributed by atoms with Gasteiger partial charge in [0.15, 0.2) is 0 Å². The van der Waals surface area contributed by atoms with Crippen LogP contribution in [0.3, 0.4) is 0 Å². The highest BCUT2D eigenvalue weighted by molar-refractivity contribution is 5.85. The Morgan fingerprint density at radius 2 is 2.06 bits per heavy atom. The number of fused-ring (bicyclic) bond motifs is 1. The van der Waals surface area contributed by atoms with Crippen LogP contribution < -0.4 is 5.90 Å². The minimum atomic E-state index is -4.42. The monoisotopic (exact) mass is 231 g/mol. The maximum absolute atomic E-state index is 12.7. The van der Waals surface area contributed by atoms with E-state index in [1.165, 1.54) is 18.4 Å². The Morgan fingerprint density at radius 1 is 1.31 bits per heavy atom.